The highest BCUT2D eigenvalue weighted by Crippen LogP contribution is 2.20. The number of methoxy groups -OCH3 is 1. The topological polar surface area (TPSA) is 172 Å². The van der Waals surface area contributed by atoms with Gasteiger partial charge in [-0.3, -0.25) is 14.8 Å². The Morgan fingerprint density at radius 3 is 2.84 bits per heavy atom. The van der Waals surface area contributed by atoms with Crippen LogP contribution in [0.5, 0.6) is 0 Å². The summed E-state index contributed by atoms with van der Waals surface area (Å²) in [5.41, 5.74) is 2.31. The predicted molar refractivity (Wildman–Crippen MR) is 116 cm³/mol. The molecule has 1 atom stereocenters. The number of anilines is 1. The normalized spacial score (nSPS) is 14.4. The van der Waals surface area contributed by atoms with Crippen molar-refractivity contribution in [2.45, 2.75) is 25.9 Å². The number of hydrazine groups is 1. The van der Waals surface area contributed by atoms with Gasteiger partial charge in [-0.25, -0.2) is 15.6 Å². The molecule has 6 N–H and O–H groups in total. The monoisotopic (exact) mass is 442 g/mol. The maximum absolute atomic E-state index is 12.8. The van der Waals surface area contributed by atoms with Gasteiger partial charge in [-0.1, -0.05) is 6.07 Å². The fraction of sp³-hybridized carbons (Fsp3) is 0.350. The van der Waals surface area contributed by atoms with Crippen LogP contribution in [0.25, 0.3) is 0 Å². The van der Waals surface area contributed by atoms with E-state index in [0.29, 0.717) is 25.2 Å². The summed E-state index contributed by atoms with van der Waals surface area (Å²) in [4.78, 5) is 34.7. The Morgan fingerprint density at radius 1 is 1.38 bits per heavy atom. The zero-order valence-electron chi connectivity index (χ0n) is 17.9. The Labute approximate surface area is 184 Å². The number of aliphatic hydroxyl groups is 1. The number of carbonyl (C=O) groups is 2. The van der Waals surface area contributed by atoms with Crippen molar-refractivity contribution in [1.29, 1.82) is 0 Å². The van der Waals surface area contributed by atoms with Crippen LogP contribution in [-0.4, -0.2) is 69.1 Å². The lowest BCUT2D eigenvalue weighted by Crippen LogP contribution is -2.47. The number of fused-ring (bicyclic) bond motifs is 1. The Morgan fingerprint density at radius 2 is 2.16 bits per heavy atom. The number of rotatable bonds is 5. The molecule has 0 bridgehead atoms. The van der Waals surface area contributed by atoms with E-state index in [1.807, 2.05) is 0 Å². The van der Waals surface area contributed by atoms with Crippen LogP contribution in [0.1, 0.15) is 34.2 Å². The molecular formula is C20H26N8O4. The van der Waals surface area contributed by atoms with Crippen molar-refractivity contribution in [3.8, 4) is 0 Å². The molecule has 1 aliphatic heterocycles. The third-order valence-electron chi connectivity index (χ3n) is 5.09. The van der Waals surface area contributed by atoms with Crippen LogP contribution in [-0.2, 0) is 17.7 Å². The minimum absolute atomic E-state index is 0.150. The Balaban J connectivity index is 1.77. The van der Waals surface area contributed by atoms with Crippen LogP contribution in [0.2, 0.25) is 0 Å². The quantitative estimate of drug-likeness (QED) is 0.216. The van der Waals surface area contributed by atoms with Crippen molar-refractivity contribution in [3.63, 3.8) is 0 Å². The first kappa shape index (κ1) is 22.9. The Bertz CT molecular complexity index is 1030. The minimum Gasteiger partial charge on any atom is -0.453 e. The van der Waals surface area contributed by atoms with Crippen molar-refractivity contribution in [1.82, 2.24) is 19.9 Å². The summed E-state index contributed by atoms with van der Waals surface area (Å²) in [6, 6.07) is 6.10. The number of hydrogen-bond donors (Lipinski definition) is 4. The maximum Gasteiger partial charge on any atom is 0.409 e. The molecule has 3 heterocycles. The number of amidine groups is 1. The van der Waals surface area contributed by atoms with Gasteiger partial charge >= 0.3 is 6.09 Å². The van der Waals surface area contributed by atoms with Crippen molar-refractivity contribution in [2.24, 2.45) is 16.8 Å². The van der Waals surface area contributed by atoms with Gasteiger partial charge in [-0.2, -0.15) is 5.10 Å². The summed E-state index contributed by atoms with van der Waals surface area (Å²) in [5.74, 6) is 11.3. The average Bonchev–Trinajstić information content (AvgIpc) is 2.82. The summed E-state index contributed by atoms with van der Waals surface area (Å²) >= 11 is 0. The zero-order valence-corrected chi connectivity index (χ0v) is 17.9. The van der Waals surface area contributed by atoms with Crippen LogP contribution < -0.4 is 17.0 Å². The Kier molecular flexibility index (Phi) is 7.18. The third-order valence-corrected chi connectivity index (χ3v) is 5.09. The van der Waals surface area contributed by atoms with E-state index >= 15 is 0 Å². The number of pyridine rings is 2. The van der Waals surface area contributed by atoms with E-state index in [0.717, 1.165) is 11.1 Å². The number of hydrogen-bond acceptors (Lipinski definition) is 9. The van der Waals surface area contributed by atoms with Crippen molar-refractivity contribution < 1.29 is 19.4 Å². The second-order valence-electron chi connectivity index (χ2n) is 7.23. The molecule has 0 saturated carbocycles. The molecule has 2 amide bonds. The molecule has 1 aliphatic rings. The molecular weight excluding hydrogens is 416 g/mol. The van der Waals surface area contributed by atoms with Gasteiger partial charge in [0.05, 0.1) is 19.8 Å². The zero-order chi connectivity index (χ0) is 23.3. The molecule has 170 valence electrons. The molecule has 32 heavy (non-hydrogen) atoms. The second kappa shape index (κ2) is 10.0. The molecule has 0 fully saturated rings. The number of aromatic nitrogens is 2. The number of hydrazone groups is 1. The smallest absolute Gasteiger partial charge is 0.409 e. The van der Waals surface area contributed by atoms with Gasteiger partial charge in [0.15, 0.2) is 5.84 Å². The molecule has 12 nitrogen and oxygen atoms in total. The van der Waals surface area contributed by atoms with Gasteiger partial charge in [0.1, 0.15) is 17.2 Å². The highest BCUT2D eigenvalue weighted by molar-refractivity contribution is 6.03. The lowest BCUT2D eigenvalue weighted by Gasteiger charge is -2.27. The lowest BCUT2D eigenvalue weighted by atomic mass is 10.0. The lowest BCUT2D eigenvalue weighted by molar-refractivity contribution is 0.102. The molecule has 0 aliphatic carbocycles. The van der Waals surface area contributed by atoms with Crippen LogP contribution in [0, 0.1) is 0 Å². The van der Waals surface area contributed by atoms with E-state index in [-0.39, 0.29) is 24.0 Å². The van der Waals surface area contributed by atoms with E-state index in [1.54, 1.807) is 42.3 Å². The number of nitrogens with zero attached hydrogens (tertiary/aromatic N) is 5. The number of nitrogens with two attached hydrogens (primary N) is 2. The van der Waals surface area contributed by atoms with Gasteiger partial charge in [0.2, 0.25) is 0 Å². The third kappa shape index (κ3) is 4.92. The van der Waals surface area contributed by atoms with Gasteiger partial charge in [-0.05, 0) is 42.7 Å². The molecule has 0 radical (unpaired) electrons. The van der Waals surface area contributed by atoms with Gasteiger partial charge < -0.3 is 25.9 Å². The molecule has 0 saturated heterocycles. The summed E-state index contributed by atoms with van der Waals surface area (Å²) in [7, 11) is 1.33. The number of nitrogens with one attached hydrogen (secondary N) is 1. The molecule has 0 aromatic carbocycles. The SMILES string of the molecule is COC(=O)N1CCc2cnc(C(=O)Nc3cccc(/C(=N/N)N(N)C(C)CO)n3)cc2C1. The highest BCUT2D eigenvalue weighted by Gasteiger charge is 2.23. The van der Waals surface area contributed by atoms with Crippen LogP contribution in [0.15, 0.2) is 35.6 Å². The second-order valence-corrected chi connectivity index (χ2v) is 7.23. The summed E-state index contributed by atoms with van der Waals surface area (Å²) in [6.45, 7) is 2.36. The number of carbonyl (C=O) groups excluding carboxylic acids is 2. The minimum atomic E-state index is -0.466. The molecule has 1 unspecified atom stereocenters. The highest BCUT2D eigenvalue weighted by atomic mass is 16.5. The fourth-order valence-corrected chi connectivity index (χ4v) is 3.22. The van der Waals surface area contributed by atoms with Crippen LogP contribution in [0.4, 0.5) is 10.6 Å². The molecule has 2 aromatic rings. The standard InChI is InChI=1S/C20H26N8O4/c1-12(11-29)28(22)18(26-21)15-4-3-5-17(24-15)25-19(30)16-8-14-10-27(20(31)32-2)7-6-13(14)9-23-16/h3-5,8-9,12,29H,6-7,10-11,21-22H2,1-2H3,(H,24,25,30)/b26-18-. The van der Waals surface area contributed by atoms with Crippen LogP contribution in [0.3, 0.4) is 0 Å². The summed E-state index contributed by atoms with van der Waals surface area (Å²) in [6.07, 6.45) is 1.86. The summed E-state index contributed by atoms with van der Waals surface area (Å²) < 4.78 is 4.78. The molecule has 0 spiro atoms. The average molecular weight is 442 g/mol. The summed E-state index contributed by atoms with van der Waals surface area (Å²) in [5, 5.41) is 16.9. The van der Waals surface area contributed by atoms with Gasteiger partial charge in [0, 0.05) is 19.3 Å². The maximum atomic E-state index is 12.8. The number of amides is 2. The number of ether oxygens (including phenoxy) is 1. The van der Waals surface area contributed by atoms with E-state index in [9.17, 15) is 14.7 Å². The first-order chi connectivity index (χ1) is 15.4. The van der Waals surface area contributed by atoms with Crippen molar-refractivity contribution in [2.75, 3.05) is 25.6 Å². The van der Waals surface area contributed by atoms with Crippen LogP contribution >= 0.6 is 0 Å². The molecule has 2 aromatic heterocycles. The largest absolute Gasteiger partial charge is 0.453 e. The predicted octanol–water partition coefficient (Wildman–Crippen LogP) is 0.0302. The first-order valence-corrected chi connectivity index (χ1v) is 9.90. The van der Waals surface area contributed by atoms with E-state index in [4.69, 9.17) is 16.4 Å². The Hall–Kier alpha value is -3.77. The van der Waals surface area contributed by atoms with Crippen molar-refractivity contribution >= 4 is 23.7 Å². The van der Waals surface area contributed by atoms with Gasteiger partial charge in [0.25, 0.3) is 5.91 Å². The van der Waals surface area contributed by atoms with E-state index in [2.05, 4.69) is 20.4 Å². The molecule has 12 heteroatoms. The van der Waals surface area contributed by atoms with Gasteiger partial charge in [-0.15, -0.1) is 0 Å². The van der Waals surface area contributed by atoms with E-state index in [1.165, 1.54) is 12.1 Å². The van der Waals surface area contributed by atoms with Crippen molar-refractivity contribution in [3.05, 3.63) is 53.0 Å². The number of aliphatic hydroxyl groups excluding tert-OH is 1. The fourth-order valence-electron chi connectivity index (χ4n) is 3.22. The van der Waals surface area contributed by atoms with E-state index < -0.39 is 18.0 Å². The molecule has 3 rings (SSSR count). The first-order valence-electron chi connectivity index (χ1n) is 9.90.